The average Bonchev–Trinajstić information content (AvgIpc) is 2.31. The number of rotatable bonds is 3. The predicted octanol–water partition coefficient (Wildman–Crippen LogP) is 2.43. The largest absolute Gasteiger partial charge is 0.466 e. The highest BCUT2D eigenvalue weighted by Gasteiger charge is 2.02. The molecule has 1 aromatic rings. The van der Waals surface area contributed by atoms with Gasteiger partial charge >= 0.3 is 11.9 Å². The lowest BCUT2D eigenvalue weighted by molar-refractivity contribution is -0.140. The van der Waals surface area contributed by atoms with E-state index in [1.165, 1.54) is 6.92 Å². The summed E-state index contributed by atoms with van der Waals surface area (Å²) in [7, 11) is 0. The fourth-order valence-corrected chi connectivity index (χ4v) is 0.992. The molecule has 0 spiro atoms. The standard InChI is InChI=1S/C9H10O2.C4H8O2/c1-2-11-9(10)8-6-4-3-5-7-8;1-3-6-4(2)5/h3-7H,2H2,1H3;3H2,1-2H3. The molecule has 0 aromatic heterocycles. The number of esters is 2. The van der Waals surface area contributed by atoms with Gasteiger partial charge in [0.15, 0.2) is 0 Å². The molecule has 0 heterocycles. The van der Waals surface area contributed by atoms with Gasteiger partial charge in [0.2, 0.25) is 0 Å². The molecule has 0 fully saturated rings. The Labute approximate surface area is 102 Å². The van der Waals surface area contributed by atoms with E-state index in [2.05, 4.69) is 4.74 Å². The average molecular weight is 238 g/mol. The summed E-state index contributed by atoms with van der Waals surface area (Å²) in [6.45, 7) is 5.87. The molecular weight excluding hydrogens is 220 g/mol. The van der Waals surface area contributed by atoms with Crippen molar-refractivity contribution in [3.8, 4) is 0 Å². The van der Waals surface area contributed by atoms with Crippen LogP contribution in [0.2, 0.25) is 0 Å². The van der Waals surface area contributed by atoms with Crippen LogP contribution in [0.1, 0.15) is 31.1 Å². The number of carbonyl (C=O) groups is 2. The van der Waals surface area contributed by atoms with Crippen LogP contribution in [0, 0.1) is 0 Å². The summed E-state index contributed by atoms with van der Waals surface area (Å²) in [5.74, 6) is -0.467. The number of benzene rings is 1. The van der Waals surface area contributed by atoms with Crippen molar-refractivity contribution in [1.29, 1.82) is 0 Å². The van der Waals surface area contributed by atoms with E-state index in [1.54, 1.807) is 26.0 Å². The third-order valence-electron chi connectivity index (χ3n) is 1.63. The Hall–Kier alpha value is -1.84. The molecule has 0 saturated carbocycles. The Kier molecular flexibility index (Phi) is 8.37. The van der Waals surface area contributed by atoms with Crippen molar-refractivity contribution in [3.05, 3.63) is 35.9 Å². The van der Waals surface area contributed by atoms with Gasteiger partial charge in [-0.2, -0.15) is 0 Å². The third kappa shape index (κ3) is 8.02. The second-order valence-electron chi connectivity index (χ2n) is 3.01. The monoisotopic (exact) mass is 238 g/mol. The van der Waals surface area contributed by atoms with Gasteiger partial charge in [-0.15, -0.1) is 0 Å². The summed E-state index contributed by atoms with van der Waals surface area (Å²) in [5, 5.41) is 0. The lowest BCUT2D eigenvalue weighted by Gasteiger charge is -1.99. The first-order valence-corrected chi connectivity index (χ1v) is 5.47. The zero-order valence-corrected chi connectivity index (χ0v) is 10.4. The van der Waals surface area contributed by atoms with Gasteiger partial charge in [-0.3, -0.25) is 4.79 Å². The molecule has 0 aliphatic heterocycles. The van der Waals surface area contributed by atoms with Gasteiger partial charge in [-0.05, 0) is 26.0 Å². The van der Waals surface area contributed by atoms with E-state index in [-0.39, 0.29) is 11.9 Å². The van der Waals surface area contributed by atoms with Crippen molar-refractivity contribution < 1.29 is 19.1 Å². The summed E-state index contributed by atoms with van der Waals surface area (Å²) >= 11 is 0. The highest BCUT2D eigenvalue weighted by molar-refractivity contribution is 5.89. The molecule has 0 atom stereocenters. The molecule has 0 bridgehead atoms. The van der Waals surface area contributed by atoms with Crippen LogP contribution in [0.15, 0.2) is 30.3 Å². The highest BCUT2D eigenvalue weighted by Crippen LogP contribution is 1.99. The van der Waals surface area contributed by atoms with Crippen LogP contribution < -0.4 is 0 Å². The van der Waals surface area contributed by atoms with E-state index >= 15 is 0 Å². The van der Waals surface area contributed by atoms with Crippen LogP contribution in [0.5, 0.6) is 0 Å². The molecule has 1 rings (SSSR count). The summed E-state index contributed by atoms with van der Waals surface area (Å²) < 4.78 is 9.19. The normalized spacial score (nSPS) is 8.65. The molecule has 1 aromatic carbocycles. The molecule has 0 unspecified atom stereocenters. The van der Waals surface area contributed by atoms with Gasteiger partial charge in [0.05, 0.1) is 18.8 Å². The van der Waals surface area contributed by atoms with Crippen molar-refractivity contribution in [2.24, 2.45) is 0 Å². The van der Waals surface area contributed by atoms with Crippen LogP contribution in [-0.4, -0.2) is 25.2 Å². The first-order chi connectivity index (χ1) is 8.11. The van der Waals surface area contributed by atoms with E-state index in [0.29, 0.717) is 18.8 Å². The third-order valence-corrected chi connectivity index (χ3v) is 1.63. The van der Waals surface area contributed by atoms with Gasteiger partial charge in [-0.1, -0.05) is 18.2 Å². The molecular formula is C13H18O4. The van der Waals surface area contributed by atoms with Crippen molar-refractivity contribution in [2.75, 3.05) is 13.2 Å². The van der Waals surface area contributed by atoms with Gasteiger partial charge in [0.1, 0.15) is 0 Å². The quantitative estimate of drug-likeness (QED) is 0.759. The maximum Gasteiger partial charge on any atom is 0.338 e. The van der Waals surface area contributed by atoms with Crippen molar-refractivity contribution >= 4 is 11.9 Å². The molecule has 0 aliphatic rings. The Balaban J connectivity index is 0.000000366. The highest BCUT2D eigenvalue weighted by atomic mass is 16.5. The van der Waals surface area contributed by atoms with E-state index < -0.39 is 0 Å². The van der Waals surface area contributed by atoms with Crippen molar-refractivity contribution in [3.63, 3.8) is 0 Å². The van der Waals surface area contributed by atoms with Gasteiger partial charge < -0.3 is 9.47 Å². The Morgan fingerprint density at radius 3 is 1.88 bits per heavy atom. The lowest BCUT2D eigenvalue weighted by atomic mass is 10.2. The fraction of sp³-hybridized carbons (Fsp3) is 0.385. The van der Waals surface area contributed by atoms with E-state index in [4.69, 9.17) is 4.74 Å². The van der Waals surface area contributed by atoms with Crippen LogP contribution in [0.4, 0.5) is 0 Å². The SMILES string of the molecule is CCOC(=O)c1ccccc1.CCOC(C)=O. The Morgan fingerprint density at radius 2 is 1.53 bits per heavy atom. The van der Waals surface area contributed by atoms with Gasteiger partial charge in [-0.25, -0.2) is 4.79 Å². The van der Waals surface area contributed by atoms with Crippen LogP contribution >= 0.6 is 0 Å². The molecule has 0 radical (unpaired) electrons. The minimum Gasteiger partial charge on any atom is -0.466 e. The Morgan fingerprint density at radius 1 is 1.00 bits per heavy atom. The Bertz CT molecular complexity index is 333. The molecule has 4 heteroatoms. The first-order valence-electron chi connectivity index (χ1n) is 5.47. The molecule has 17 heavy (non-hydrogen) atoms. The number of ether oxygens (including phenoxy) is 2. The summed E-state index contributed by atoms with van der Waals surface area (Å²) in [6.07, 6.45) is 0. The minimum absolute atomic E-state index is 0.211. The molecule has 0 saturated heterocycles. The van der Waals surface area contributed by atoms with E-state index in [1.807, 2.05) is 18.2 Å². The number of hydrogen-bond donors (Lipinski definition) is 0. The topological polar surface area (TPSA) is 52.6 Å². The van der Waals surface area contributed by atoms with E-state index in [0.717, 1.165) is 0 Å². The lowest BCUT2D eigenvalue weighted by Crippen LogP contribution is -2.03. The van der Waals surface area contributed by atoms with Crippen molar-refractivity contribution in [2.45, 2.75) is 20.8 Å². The zero-order valence-electron chi connectivity index (χ0n) is 10.4. The van der Waals surface area contributed by atoms with E-state index in [9.17, 15) is 9.59 Å². The van der Waals surface area contributed by atoms with Crippen LogP contribution in [0.3, 0.4) is 0 Å². The maximum absolute atomic E-state index is 11.0. The van der Waals surface area contributed by atoms with Gasteiger partial charge in [0, 0.05) is 6.92 Å². The second-order valence-corrected chi connectivity index (χ2v) is 3.01. The number of hydrogen-bond acceptors (Lipinski definition) is 4. The number of carbonyl (C=O) groups excluding carboxylic acids is 2. The minimum atomic E-state index is -0.256. The summed E-state index contributed by atoms with van der Waals surface area (Å²) in [4.78, 5) is 20.8. The smallest absolute Gasteiger partial charge is 0.338 e. The molecule has 0 amide bonds. The molecule has 0 N–H and O–H groups in total. The fourth-order valence-electron chi connectivity index (χ4n) is 0.992. The molecule has 4 nitrogen and oxygen atoms in total. The van der Waals surface area contributed by atoms with Crippen molar-refractivity contribution in [1.82, 2.24) is 0 Å². The zero-order chi connectivity index (χ0) is 13.1. The maximum atomic E-state index is 11.0. The summed E-state index contributed by atoms with van der Waals surface area (Å²) in [6, 6.07) is 8.96. The van der Waals surface area contributed by atoms with Gasteiger partial charge in [0.25, 0.3) is 0 Å². The van der Waals surface area contributed by atoms with Crippen LogP contribution in [0.25, 0.3) is 0 Å². The molecule has 94 valence electrons. The molecule has 0 aliphatic carbocycles. The van der Waals surface area contributed by atoms with Crippen LogP contribution in [-0.2, 0) is 14.3 Å². The predicted molar refractivity (Wildman–Crippen MR) is 64.7 cm³/mol. The first kappa shape index (κ1) is 15.2. The second kappa shape index (κ2) is 9.39. The summed E-state index contributed by atoms with van der Waals surface area (Å²) in [5.41, 5.74) is 0.606.